The monoisotopic (exact) mass is 359 g/mol. The van der Waals surface area contributed by atoms with Crippen molar-refractivity contribution in [2.24, 2.45) is 10.8 Å². The summed E-state index contributed by atoms with van der Waals surface area (Å²) in [6, 6.07) is 16.3. The highest BCUT2D eigenvalue weighted by Crippen LogP contribution is 2.19. The lowest BCUT2D eigenvalue weighted by atomic mass is 9.98. The van der Waals surface area contributed by atoms with E-state index < -0.39 is 0 Å². The standard InChI is InChI=1S/C21H21N5O/c1-15-6-4-7-16(12-15)20(27)13-19(17-8-5-10-23-14-17)25-26-21(22)18-9-2-3-11-24-18/h2-12,14,19,25H,13H2,1H3,(H2,22,26). The number of amidine groups is 1. The number of carbonyl (C=O) groups excluding carboxylic acids is 1. The summed E-state index contributed by atoms with van der Waals surface area (Å²) in [5, 5.41) is 4.24. The van der Waals surface area contributed by atoms with E-state index in [0.29, 0.717) is 11.3 Å². The van der Waals surface area contributed by atoms with Crippen molar-refractivity contribution in [3.05, 3.63) is 95.6 Å². The summed E-state index contributed by atoms with van der Waals surface area (Å²) in [4.78, 5) is 21.1. The van der Waals surface area contributed by atoms with E-state index in [-0.39, 0.29) is 24.1 Å². The van der Waals surface area contributed by atoms with Crippen molar-refractivity contribution in [1.29, 1.82) is 0 Å². The van der Waals surface area contributed by atoms with E-state index in [2.05, 4.69) is 20.5 Å². The van der Waals surface area contributed by atoms with E-state index in [1.807, 2.05) is 55.5 Å². The molecule has 1 aromatic carbocycles. The molecule has 0 aliphatic heterocycles. The molecule has 0 aliphatic rings. The largest absolute Gasteiger partial charge is 0.380 e. The summed E-state index contributed by atoms with van der Waals surface area (Å²) >= 11 is 0. The molecule has 0 aliphatic carbocycles. The quantitative estimate of drug-likeness (QED) is 0.293. The van der Waals surface area contributed by atoms with Gasteiger partial charge in [0.15, 0.2) is 11.6 Å². The fourth-order valence-electron chi connectivity index (χ4n) is 2.66. The van der Waals surface area contributed by atoms with Crippen molar-refractivity contribution in [2.75, 3.05) is 0 Å². The second-order valence-corrected chi connectivity index (χ2v) is 6.18. The number of nitrogens with zero attached hydrogens (tertiary/aromatic N) is 3. The van der Waals surface area contributed by atoms with Gasteiger partial charge < -0.3 is 5.73 Å². The third kappa shape index (κ3) is 4.98. The van der Waals surface area contributed by atoms with Crippen LogP contribution in [0.2, 0.25) is 0 Å². The van der Waals surface area contributed by atoms with Crippen LogP contribution in [0.5, 0.6) is 0 Å². The first-order valence-corrected chi connectivity index (χ1v) is 8.63. The smallest absolute Gasteiger partial charge is 0.169 e. The second kappa shape index (κ2) is 8.71. The average molecular weight is 359 g/mol. The fourth-order valence-corrected chi connectivity index (χ4v) is 2.66. The van der Waals surface area contributed by atoms with Gasteiger partial charge in [-0.3, -0.25) is 20.2 Å². The molecule has 6 heteroatoms. The number of nitrogens with one attached hydrogen (secondary N) is 1. The number of nitrogens with two attached hydrogens (primary N) is 1. The minimum absolute atomic E-state index is 0.0201. The van der Waals surface area contributed by atoms with E-state index in [9.17, 15) is 4.79 Å². The molecule has 0 saturated heterocycles. The second-order valence-electron chi connectivity index (χ2n) is 6.18. The molecule has 0 fully saturated rings. The van der Waals surface area contributed by atoms with Gasteiger partial charge in [0.2, 0.25) is 0 Å². The highest BCUT2D eigenvalue weighted by atomic mass is 16.1. The molecule has 27 heavy (non-hydrogen) atoms. The molecule has 3 aromatic rings. The number of hydrogen-bond acceptors (Lipinski definition) is 5. The third-order valence-corrected chi connectivity index (χ3v) is 4.08. The Bertz CT molecular complexity index is 926. The Balaban J connectivity index is 1.80. The molecule has 0 saturated carbocycles. The molecular formula is C21H21N5O. The van der Waals surface area contributed by atoms with Crippen LogP contribution in [-0.4, -0.2) is 21.6 Å². The van der Waals surface area contributed by atoms with Crippen LogP contribution < -0.4 is 11.2 Å². The minimum Gasteiger partial charge on any atom is -0.380 e. The molecule has 1 unspecified atom stereocenters. The summed E-state index contributed by atoms with van der Waals surface area (Å²) in [7, 11) is 0. The van der Waals surface area contributed by atoms with Crippen LogP contribution >= 0.6 is 0 Å². The van der Waals surface area contributed by atoms with Crippen LogP contribution in [-0.2, 0) is 0 Å². The number of carbonyl (C=O) groups is 1. The summed E-state index contributed by atoms with van der Waals surface area (Å²) in [6.45, 7) is 1.96. The van der Waals surface area contributed by atoms with Crippen LogP contribution in [0.1, 0.15) is 39.6 Å². The number of hydrazone groups is 1. The molecule has 3 N–H and O–H groups in total. The average Bonchev–Trinajstić information content (AvgIpc) is 2.72. The number of hydrogen-bond donors (Lipinski definition) is 2. The number of benzene rings is 1. The van der Waals surface area contributed by atoms with Crippen molar-refractivity contribution >= 4 is 11.6 Å². The first-order valence-electron chi connectivity index (χ1n) is 8.63. The van der Waals surface area contributed by atoms with Crippen LogP contribution in [0.15, 0.2) is 78.3 Å². The zero-order chi connectivity index (χ0) is 19.1. The first kappa shape index (κ1) is 18.3. The van der Waals surface area contributed by atoms with E-state index in [1.54, 1.807) is 24.7 Å². The number of aryl methyl sites for hydroxylation is 1. The highest BCUT2D eigenvalue weighted by molar-refractivity contribution is 5.97. The molecule has 0 spiro atoms. The molecule has 6 nitrogen and oxygen atoms in total. The Morgan fingerprint density at radius 1 is 1.15 bits per heavy atom. The van der Waals surface area contributed by atoms with Gasteiger partial charge in [-0.15, -0.1) is 0 Å². The molecule has 3 rings (SSSR count). The number of Topliss-reactive ketones (excluding diaryl/α,β-unsaturated/α-hetero) is 1. The van der Waals surface area contributed by atoms with Crippen molar-refractivity contribution in [3.8, 4) is 0 Å². The van der Waals surface area contributed by atoms with Crippen LogP contribution in [0, 0.1) is 6.92 Å². The van der Waals surface area contributed by atoms with E-state index in [0.717, 1.165) is 11.1 Å². The van der Waals surface area contributed by atoms with Gasteiger partial charge in [-0.2, -0.15) is 5.10 Å². The Hall–Kier alpha value is -3.54. The van der Waals surface area contributed by atoms with Crippen molar-refractivity contribution in [1.82, 2.24) is 15.4 Å². The molecule has 136 valence electrons. The van der Waals surface area contributed by atoms with Gasteiger partial charge >= 0.3 is 0 Å². The third-order valence-electron chi connectivity index (χ3n) is 4.08. The fraction of sp³-hybridized carbons (Fsp3) is 0.143. The Morgan fingerprint density at radius 3 is 2.74 bits per heavy atom. The van der Waals surface area contributed by atoms with Crippen LogP contribution in [0.4, 0.5) is 0 Å². The van der Waals surface area contributed by atoms with Gasteiger partial charge in [0.05, 0.1) is 6.04 Å². The molecule has 0 bridgehead atoms. The summed E-state index contributed by atoms with van der Waals surface area (Å²) in [5.74, 6) is 0.277. The maximum absolute atomic E-state index is 12.7. The molecule has 2 heterocycles. The summed E-state index contributed by atoms with van der Waals surface area (Å²) in [5.41, 5.74) is 12.2. The SMILES string of the molecule is Cc1cccc(C(=O)CC(N/N=C(\N)c2ccccn2)c2cccnc2)c1. The molecule has 1 atom stereocenters. The predicted octanol–water partition coefficient (Wildman–Crippen LogP) is 3.01. The van der Waals surface area contributed by atoms with Gasteiger partial charge in [0.25, 0.3) is 0 Å². The zero-order valence-electron chi connectivity index (χ0n) is 15.0. The lowest BCUT2D eigenvalue weighted by molar-refractivity contribution is 0.0968. The number of aromatic nitrogens is 2. The molecule has 0 amide bonds. The lowest BCUT2D eigenvalue weighted by Gasteiger charge is -2.17. The van der Waals surface area contributed by atoms with E-state index >= 15 is 0 Å². The van der Waals surface area contributed by atoms with E-state index in [4.69, 9.17) is 5.73 Å². The Morgan fingerprint density at radius 2 is 2.04 bits per heavy atom. The predicted molar refractivity (Wildman–Crippen MR) is 105 cm³/mol. The van der Waals surface area contributed by atoms with Gasteiger partial charge in [0.1, 0.15) is 5.69 Å². The maximum atomic E-state index is 12.7. The van der Waals surface area contributed by atoms with Crippen LogP contribution in [0.3, 0.4) is 0 Å². The van der Waals surface area contributed by atoms with Gasteiger partial charge in [0, 0.05) is 30.6 Å². The topological polar surface area (TPSA) is 93.3 Å². The Kier molecular flexibility index (Phi) is 5.89. The number of pyridine rings is 2. The van der Waals surface area contributed by atoms with Crippen molar-refractivity contribution in [2.45, 2.75) is 19.4 Å². The first-order chi connectivity index (χ1) is 13.1. The zero-order valence-corrected chi connectivity index (χ0v) is 15.0. The number of ketones is 1. The maximum Gasteiger partial charge on any atom is 0.169 e. The van der Waals surface area contributed by atoms with Crippen molar-refractivity contribution < 1.29 is 4.79 Å². The Labute approximate surface area is 158 Å². The van der Waals surface area contributed by atoms with Gasteiger partial charge in [-0.25, -0.2) is 0 Å². The lowest BCUT2D eigenvalue weighted by Crippen LogP contribution is -2.25. The number of rotatable bonds is 7. The van der Waals surface area contributed by atoms with Gasteiger partial charge in [-0.05, 0) is 36.8 Å². The van der Waals surface area contributed by atoms with Gasteiger partial charge in [-0.1, -0.05) is 35.9 Å². The minimum atomic E-state index is -0.353. The molecular weight excluding hydrogens is 338 g/mol. The van der Waals surface area contributed by atoms with Crippen molar-refractivity contribution in [3.63, 3.8) is 0 Å². The normalized spacial score (nSPS) is 12.4. The van der Waals surface area contributed by atoms with E-state index in [1.165, 1.54) is 0 Å². The molecule has 2 aromatic heterocycles. The molecule has 0 radical (unpaired) electrons. The summed E-state index contributed by atoms with van der Waals surface area (Å²) in [6.07, 6.45) is 5.29. The summed E-state index contributed by atoms with van der Waals surface area (Å²) < 4.78 is 0. The highest BCUT2D eigenvalue weighted by Gasteiger charge is 2.17. The van der Waals surface area contributed by atoms with Crippen LogP contribution in [0.25, 0.3) is 0 Å².